The van der Waals surface area contributed by atoms with E-state index in [-0.39, 0.29) is 4.47 Å². The number of hydrogen-bond acceptors (Lipinski definition) is 1. The molecule has 0 N–H and O–H groups in total. The standard InChI is InChI=1S/C7H3BrF3N3/c8-4-1-5(9)7(11)3(6(4)10)2-13-14-12/h1H,2H2. The van der Waals surface area contributed by atoms with Gasteiger partial charge in [0.15, 0.2) is 11.6 Å². The summed E-state index contributed by atoms with van der Waals surface area (Å²) in [6.45, 7) is -0.565. The molecule has 0 heterocycles. The summed E-state index contributed by atoms with van der Waals surface area (Å²) in [6.07, 6.45) is 0. The van der Waals surface area contributed by atoms with Crippen molar-refractivity contribution in [2.24, 2.45) is 5.11 Å². The highest BCUT2D eigenvalue weighted by Gasteiger charge is 2.16. The van der Waals surface area contributed by atoms with Crippen molar-refractivity contribution in [1.82, 2.24) is 0 Å². The van der Waals surface area contributed by atoms with E-state index in [2.05, 4.69) is 26.0 Å². The van der Waals surface area contributed by atoms with Crippen molar-refractivity contribution in [3.8, 4) is 0 Å². The molecule has 0 aliphatic carbocycles. The molecule has 0 aromatic heterocycles. The topological polar surface area (TPSA) is 48.8 Å². The highest BCUT2D eigenvalue weighted by molar-refractivity contribution is 9.10. The molecule has 7 heteroatoms. The van der Waals surface area contributed by atoms with Crippen LogP contribution in [0, 0.1) is 17.5 Å². The van der Waals surface area contributed by atoms with E-state index in [0.29, 0.717) is 6.07 Å². The highest BCUT2D eigenvalue weighted by Crippen LogP contribution is 2.24. The quantitative estimate of drug-likeness (QED) is 0.339. The number of nitrogens with zero attached hydrogens (tertiary/aromatic N) is 3. The number of azide groups is 1. The van der Waals surface area contributed by atoms with Crippen LogP contribution in [0.15, 0.2) is 15.7 Å². The molecule has 0 saturated carbocycles. The van der Waals surface area contributed by atoms with Gasteiger partial charge < -0.3 is 0 Å². The van der Waals surface area contributed by atoms with Gasteiger partial charge >= 0.3 is 0 Å². The first-order valence-electron chi connectivity index (χ1n) is 3.40. The van der Waals surface area contributed by atoms with Crippen LogP contribution >= 0.6 is 15.9 Å². The summed E-state index contributed by atoms with van der Waals surface area (Å²) in [4.78, 5) is 2.33. The maximum atomic E-state index is 13.1. The summed E-state index contributed by atoms with van der Waals surface area (Å²) in [5.74, 6) is -3.49. The average Bonchev–Trinajstić information content (AvgIpc) is 2.15. The van der Waals surface area contributed by atoms with Gasteiger partial charge in [-0.25, -0.2) is 13.2 Å². The molecule has 0 spiro atoms. The number of halogens is 4. The van der Waals surface area contributed by atoms with Crippen LogP contribution in [0.2, 0.25) is 0 Å². The van der Waals surface area contributed by atoms with Crippen molar-refractivity contribution in [2.75, 3.05) is 0 Å². The lowest BCUT2D eigenvalue weighted by Gasteiger charge is -2.04. The van der Waals surface area contributed by atoms with Crippen LogP contribution in [0.1, 0.15) is 5.56 Å². The fraction of sp³-hybridized carbons (Fsp3) is 0.143. The Labute approximate surface area is 85.3 Å². The van der Waals surface area contributed by atoms with E-state index in [9.17, 15) is 13.2 Å². The van der Waals surface area contributed by atoms with Crippen LogP contribution in [0.25, 0.3) is 10.4 Å². The summed E-state index contributed by atoms with van der Waals surface area (Å²) in [5.41, 5.74) is 7.37. The Hall–Kier alpha value is -1.20. The van der Waals surface area contributed by atoms with Gasteiger partial charge in [0.05, 0.1) is 11.0 Å². The van der Waals surface area contributed by atoms with Gasteiger partial charge in [0.25, 0.3) is 0 Å². The molecule has 0 aliphatic heterocycles. The van der Waals surface area contributed by atoms with Gasteiger partial charge in [-0.3, -0.25) is 0 Å². The fourth-order valence-electron chi connectivity index (χ4n) is 0.864. The molecular formula is C7H3BrF3N3. The predicted molar refractivity (Wildman–Crippen MR) is 46.9 cm³/mol. The van der Waals surface area contributed by atoms with Crippen molar-refractivity contribution in [3.63, 3.8) is 0 Å². The molecule has 74 valence electrons. The van der Waals surface area contributed by atoms with Crippen LogP contribution in [0.5, 0.6) is 0 Å². The van der Waals surface area contributed by atoms with Crippen molar-refractivity contribution >= 4 is 15.9 Å². The Bertz CT molecular complexity index is 389. The Morgan fingerprint density at radius 1 is 1.36 bits per heavy atom. The van der Waals surface area contributed by atoms with E-state index in [0.717, 1.165) is 0 Å². The van der Waals surface area contributed by atoms with Crippen molar-refractivity contribution in [3.05, 3.63) is 44.0 Å². The Balaban J connectivity index is 3.31. The monoisotopic (exact) mass is 265 g/mol. The highest BCUT2D eigenvalue weighted by atomic mass is 79.9. The zero-order valence-electron chi connectivity index (χ0n) is 6.64. The third kappa shape index (κ3) is 2.00. The second-order valence-electron chi connectivity index (χ2n) is 2.34. The normalized spacial score (nSPS) is 9.71. The zero-order chi connectivity index (χ0) is 10.7. The van der Waals surface area contributed by atoms with E-state index >= 15 is 0 Å². The predicted octanol–water partition coefficient (Wildman–Crippen LogP) is 3.68. The molecule has 0 saturated heterocycles. The minimum atomic E-state index is -1.34. The van der Waals surface area contributed by atoms with Crippen LogP contribution in [0.4, 0.5) is 13.2 Å². The number of rotatable bonds is 2. The van der Waals surface area contributed by atoms with Gasteiger partial charge in [0.1, 0.15) is 5.82 Å². The second kappa shape index (κ2) is 4.34. The lowest BCUT2D eigenvalue weighted by atomic mass is 10.2. The zero-order valence-corrected chi connectivity index (χ0v) is 8.22. The van der Waals surface area contributed by atoms with E-state index in [1.54, 1.807) is 0 Å². The molecule has 0 bridgehead atoms. The molecule has 0 aliphatic rings. The van der Waals surface area contributed by atoms with Gasteiger partial charge in [0, 0.05) is 10.5 Å². The first-order chi connectivity index (χ1) is 6.57. The Kier molecular flexibility index (Phi) is 3.38. The number of hydrogen-bond donors (Lipinski definition) is 0. The van der Waals surface area contributed by atoms with Crippen LogP contribution in [-0.4, -0.2) is 0 Å². The summed E-state index contributed by atoms with van der Waals surface area (Å²) in [7, 11) is 0. The minimum absolute atomic E-state index is 0.209. The molecule has 0 fully saturated rings. The van der Waals surface area contributed by atoms with Gasteiger partial charge in [-0.1, -0.05) is 5.11 Å². The molecule has 1 aromatic carbocycles. The minimum Gasteiger partial charge on any atom is -0.205 e. The molecule has 1 aromatic rings. The van der Waals surface area contributed by atoms with Gasteiger partial charge in [0.2, 0.25) is 0 Å². The van der Waals surface area contributed by atoms with Crippen molar-refractivity contribution in [1.29, 1.82) is 0 Å². The van der Waals surface area contributed by atoms with Crippen LogP contribution < -0.4 is 0 Å². The molecule has 0 amide bonds. The lowest BCUT2D eigenvalue weighted by molar-refractivity contribution is 0.477. The molecule has 0 atom stereocenters. The largest absolute Gasteiger partial charge is 0.205 e. The number of benzene rings is 1. The molecule has 1 rings (SSSR count). The maximum Gasteiger partial charge on any atom is 0.165 e. The molecule has 0 unspecified atom stereocenters. The Morgan fingerprint density at radius 2 is 2.00 bits per heavy atom. The molecule has 0 radical (unpaired) electrons. The summed E-state index contributed by atoms with van der Waals surface area (Å²) < 4.78 is 38.6. The first-order valence-corrected chi connectivity index (χ1v) is 4.20. The van der Waals surface area contributed by atoms with E-state index in [1.165, 1.54) is 0 Å². The van der Waals surface area contributed by atoms with E-state index in [4.69, 9.17) is 5.53 Å². The van der Waals surface area contributed by atoms with Crippen molar-refractivity contribution < 1.29 is 13.2 Å². The van der Waals surface area contributed by atoms with Gasteiger partial charge in [-0.15, -0.1) is 0 Å². The molecule has 14 heavy (non-hydrogen) atoms. The average molecular weight is 266 g/mol. The van der Waals surface area contributed by atoms with Gasteiger partial charge in [-0.05, 0) is 27.5 Å². The SMILES string of the molecule is [N-]=[N+]=NCc1c(F)c(F)cc(Br)c1F. The van der Waals surface area contributed by atoms with Gasteiger partial charge in [-0.2, -0.15) is 0 Å². The third-order valence-corrected chi connectivity index (χ3v) is 2.07. The van der Waals surface area contributed by atoms with E-state index < -0.39 is 29.6 Å². The first kappa shape index (κ1) is 10.9. The maximum absolute atomic E-state index is 13.1. The van der Waals surface area contributed by atoms with E-state index in [1.807, 2.05) is 0 Å². The summed E-state index contributed by atoms with van der Waals surface area (Å²) in [5, 5.41) is 2.96. The van der Waals surface area contributed by atoms with Crippen LogP contribution in [-0.2, 0) is 6.54 Å². The van der Waals surface area contributed by atoms with Crippen molar-refractivity contribution in [2.45, 2.75) is 6.54 Å². The summed E-state index contributed by atoms with van der Waals surface area (Å²) in [6, 6.07) is 0.671. The summed E-state index contributed by atoms with van der Waals surface area (Å²) >= 11 is 2.71. The second-order valence-corrected chi connectivity index (χ2v) is 3.19. The molecular weight excluding hydrogens is 263 g/mol. The fourth-order valence-corrected chi connectivity index (χ4v) is 1.30. The smallest absolute Gasteiger partial charge is 0.165 e. The molecule has 3 nitrogen and oxygen atoms in total. The lowest BCUT2D eigenvalue weighted by Crippen LogP contribution is -1.98. The Morgan fingerprint density at radius 3 is 2.57 bits per heavy atom. The third-order valence-electron chi connectivity index (χ3n) is 1.49. The van der Waals surface area contributed by atoms with Crippen LogP contribution in [0.3, 0.4) is 0 Å².